The second-order valence-electron chi connectivity index (χ2n) is 10.4. The standard InChI is InChI=1S/C28H40N4O10/c1-18(33)13-21-22(35)15-28(26(38)40-2,42-25(21)24(37)23(36)16-31-32-29)14-20(34)11-7-4-8-12-30-27(39)41-17-19-9-5-3-6-10-19/h3,5-6,9-10,21-25,35-37H,4,7-8,11-17H2,1-2H3,(H,30,39)/t21?,22?,23-,24+,25?,28?/m1/s1. The number of azide groups is 1. The van der Waals surface area contributed by atoms with Gasteiger partial charge in [0.05, 0.1) is 32.0 Å². The van der Waals surface area contributed by atoms with Gasteiger partial charge in [-0.05, 0) is 30.9 Å². The summed E-state index contributed by atoms with van der Waals surface area (Å²) in [6.45, 7) is 1.25. The molecule has 1 fully saturated rings. The van der Waals surface area contributed by atoms with Gasteiger partial charge in [0.25, 0.3) is 0 Å². The number of carbonyl (C=O) groups excluding carboxylic acids is 4. The van der Waals surface area contributed by atoms with E-state index >= 15 is 0 Å². The summed E-state index contributed by atoms with van der Waals surface area (Å²) in [5.74, 6) is -2.64. The van der Waals surface area contributed by atoms with Crippen LogP contribution in [0.2, 0.25) is 0 Å². The van der Waals surface area contributed by atoms with E-state index < -0.39 is 61.0 Å². The fourth-order valence-corrected chi connectivity index (χ4v) is 4.96. The summed E-state index contributed by atoms with van der Waals surface area (Å²) in [5, 5.41) is 37.9. The molecule has 0 saturated carbocycles. The number of rotatable bonds is 17. The van der Waals surface area contributed by atoms with Crippen molar-refractivity contribution in [1.29, 1.82) is 0 Å². The van der Waals surface area contributed by atoms with Crippen LogP contribution in [-0.4, -0.2) is 89.2 Å². The predicted molar refractivity (Wildman–Crippen MR) is 148 cm³/mol. The molecule has 2 rings (SSSR count). The first-order valence-electron chi connectivity index (χ1n) is 13.8. The van der Waals surface area contributed by atoms with E-state index in [1.165, 1.54) is 6.92 Å². The van der Waals surface area contributed by atoms with E-state index in [0.29, 0.717) is 25.8 Å². The Balaban J connectivity index is 1.94. The van der Waals surface area contributed by atoms with Gasteiger partial charge in [-0.2, -0.15) is 0 Å². The van der Waals surface area contributed by atoms with Gasteiger partial charge in [-0.3, -0.25) is 4.79 Å². The van der Waals surface area contributed by atoms with Gasteiger partial charge in [0.2, 0.25) is 0 Å². The number of ketones is 2. The Labute approximate surface area is 244 Å². The number of ether oxygens (including phenoxy) is 3. The number of unbranched alkanes of at least 4 members (excludes halogenated alkanes) is 2. The summed E-state index contributed by atoms with van der Waals surface area (Å²) in [5.41, 5.74) is 7.44. The van der Waals surface area contributed by atoms with Crippen LogP contribution >= 0.6 is 0 Å². The van der Waals surface area contributed by atoms with Crippen molar-refractivity contribution in [1.82, 2.24) is 5.32 Å². The zero-order chi connectivity index (χ0) is 31.1. The maximum Gasteiger partial charge on any atom is 0.407 e. The number of aliphatic hydroxyl groups is 3. The minimum atomic E-state index is -1.97. The molecule has 42 heavy (non-hydrogen) atoms. The van der Waals surface area contributed by atoms with Gasteiger partial charge >= 0.3 is 12.1 Å². The van der Waals surface area contributed by atoms with Gasteiger partial charge in [-0.15, -0.1) is 0 Å². The number of hydrogen-bond acceptors (Lipinski definition) is 11. The zero-order valence-corrected chi connectivity index (χ0v) is 23.9. The van der Waals surface area contributed by atoms with Crippen molar-refractivity contribution in [2.75, 3.05) is 20.2 Å². The number of amides is 1. The first kappa shape index (κ1) is 34.7. The number of Topliss-reactive ketones (excluding diaryl/α,β-unsaturated/α-hetero) is 2. The molecular weight excluding hydrogens is 552 g/mol. The quantitative estimate of drug-likeness (QED) is 0.0679. The molecule has 0 aliphatic carbocycles. The molecule has 1 saturated heterocycles. The smallest absolute Gasteiger partial charge is 0.407 e. The molecule has 1 aliphatic rings. The summed E-state index contributed by atoms with van der Waals surface area (Å²) in [7, 11) is 1.09. The molecule has 4 unspecified atom stereocenters. The molecule has 0 radical (unpaired) electrons. The second-order valence-corrected chi connectivity index (χ2v) is 10.4. The number of alkyl carbamates (subject to hydrolysis) is 1. The average Bonchev–Trinajstić information content (AvgIpc) is 2.97. The van der Waals surface area contributed by atoms with Gasteiger partial charge < -0.3 is 39.6 Å². The molecule has 1 aliphatic heterocycles. The number of esters is 1. The van der Waals surface area contributed by atoms with Crippen LogP contribution in [0.25, 0.3) is 10.4 Å². The molecule has 1 amide bonds. The van der Waals surface area contributed by atoms with E-state index in [2.05, 4.69) is 15.3 Å². The second kappa shape index (κ2) is 17.4. The first-order chi connectivity index (χ1) is 20.0. The molecule has 1 heterocycles. The number of aliphatic hydroxyl groups excluding tert-OH is 3. The predicted octanol–water partition coefficient (Wildman–Crippen LogP) is 2.12. The van der Waals surface area contributed by atoms with E-state index in [4.69, 9.17) is 19.7 Å². The Bertz CT molecular complexity index is 1100. The molecule has 232 valence electrons. The summed E-state index contributed by atoms with van der Waals surface area (Å²) < 4.78 is 16.0. The van der Waals surface area contributed by atoms with Crippen LogP contribution in [0.1, 0.15) is 57.4 Å². The normalized spacial score (nSPS) is 23.1. The third kappa shape index (κ3) is 10.7. The monoisotopic (exact) mass is 592 g/mol. The van der Waals surface area contributed by atoms with E-state index in [0.717, 1.165) is 12.7 Å². The van der Waals surface area contributed by atoms with Crippen molar-refractivity contribution in [3.8, 4) is 0 Å². The van der Waals surface area contributed by atoms with Gasteiger partial charge in [-0.1, -0.05) is 41.9 Å². The van der Waals surface area contributed by atoms with Crippen LogP contribution in [-0.2, 0) is 35.2 Å². The zero-order valence-electron chi connectivity index (χ0n) is 23.9. The highest BCUT2D eigenvalue weighted by Crippen LogP contribution is 2.40. The highest BCUT2D eigenvalue weighted by molar-refractivity contribution is 5.89. The van der Waals surface area contributed by atoms with Crippen LogP contribution in [0.15, 0.2) is 35.4 Å². The Kier molecular flexibility index (Phi) is 14.4. The molecule has 14 heteroatoms. The Morgan fingerprint density at radius 2 is 1.90 bits per heavy atom. The van der Waals surface area contributed by atoms with E-state index in [1.807, 2.05) is 30.3 Å². The number of benzene rings is 1. The van der Waals surface area contributed by atoms with E-state index in [1.54, 1.807) is 0 Å². The highest BCUT2D eigenvalue weighted by Gasteiger charge is 2.55. The van der Waals surface area contributed by atoms with Gasteiger partial charge in [-0.25, -0.2) is 9.59 Å². The van der Waals surface area contributed by atoms with Crippen LogP contribution in [0, 0.1) is 5.92 Å². The minimum Gasteiger partial charge on any atom is -0.467 e. The number of carbonyl (C=O) groups is 4. The fourth-order valence-electron chi connectivity index (χ4n) is 4.96. The lowest BCUT2D eigenvalue weighted by molar-refractivity contribution is -0.240. The van der Waals surface area contributed by atoms with Crippen molar-refractivity contribution in [2.24, 2.45) is 11.0 Å². The molecule has 6 atom stereocenters. The van der Waals surface area contributed by atoms with E-state index in [-0.39, 0.29) is 37.4 Å². The maximum absolute atomic E-state index is 12.9. The summed E-state index contributed by atoms with van der Waals surface area (Å²) in [4.78, 5) is 52.1. The molecule has 0 aromatic heterocycles. The average molecular weight is 593 g/mol. The van der Waals surface area contributed by atoms with Crippen molar-refractivity contribution >= 4 is 23.6 Å². The van der Waals surface area contributed by atoms with Gasteiger partial charge in [0, 0.05) is 43.1 Å². The topological polar surface area (TPSA) is 217 Å². The number of hydrogen-bond donors (Lipinski definition) is 4. The number of methoxy groups -OCH3 is 1. The number of nitrogens with one attached hydrogen (secondary N) is 1. The van der Waals surface area contributed by atoms with Crippen LogP contribution < -0.4 is 5.32 Å². The lowest BCUT2D eigenvalue weighted by Gasteiger charge is -2.47. The third-order valence-corrected chi connectivity index (χ3v) is 7.06. The van der Waals surface area contributed by atoms with Crippen molar-refractivity contribution in [3.63, 3.8) is 0 Å². The van der Waals surface area contributed by atoms with E-state index in [9.17, 15) is 34.5 Å². The highest BCUT2D eigenvalue weighted by atomic mass is 16.6. The molecule has 14 nitrogen and oxygen atoms in total. The molecule has 0 spiro atoms. The summed E-state index contributed by atoms with van der Waals surface area (Å²) in [6, 6.07) is 9.24. The minimum absolute atomic E-state index is 0.0697. The van der Waals surface area contributed by atoms with Crippen LogP contribution in [0.5, 0.6) is 0 Å². The molecule has 1 aromatic carbocycles. The SMILES string of the molecule is COC(=O)C1(CC(=O)CCCCCNC(=O)OCc2ccccc2)CC(O)C(CC(C)=O)C([C@@H](O)[C@H](O)CN=[N+]=[N-])O1. The van der Waals surface area contributed by atoms with Crippen molar-refractivity contribution in [3.05, 3.63) is 46.3 Å². The Morgan fingerprint density at radius 1 is 1.19 bits per heavy atom. The lowest BCUT2D eigenvalue weighted by Crippen LogP contribution is -2.61. The lowest BCUT2D eigenvalue weighted by atomic mass is 9.75. The van der Waals surface area contributed by atoms with Gasteiger partial charge in [0.1, 0.15) is 24.3 Å². The third-order valence-electron chi connectivity index (χ3n) is 7.06. The maximum atomic E-state index is 12.9. The molecule has 4 N–H and O–H groups in total. The fraction of sp³-hybridized carbons (Fsp3) is 0.643. The number of nitrogens with zero attached hydrogens (tertiary/aromatic N) is 3. The van der Waals surface area contributed by atoms with Gasteiger partial charge in [0.15, 0.2) is 5.60 Å². The Hall–Kier alpha value is -3.55. The van der Waals surface area contributed by atoms with Crippen molar-refractivity contribution < 1.29 is 48.7 Å². The van der Waals surface area contributed by atoms with Crippen LogP contribution in [0.4, 0.5) is 4.79 Å². The molecule has 0 bridgehead atoms. The summed E-state index contributed by atoms with van der Waals surface area (Å²) >= 11 is 0. The summed E-state index contributed by atoms with van der Waals surface area (Å²) in [6.07, 6.45) is -6.09. The Morgan fingerprint density at radius 3 is 2.55 bits per heavy atom. The largest absolute Gasteiger partial charge is 0.467 e. The first-order valence-corrected chi connectivity index (χ1v) is 13.8. The van der Waals surface area contributed by atoms with Crippen molar-refractivity contribution in [2.45, 2.75) is 88.5 Å². The molecule has 1 aromatic rings. The van der Waals surface area contributed by atoms with Crippen LogP contribution in [0.3, 0.4) is 0 Å². The molecular formula is C28H40N4O10.